The van der Waals surface area contributed by atoms with Crippen LogP contribution in [-0.2, 0) is 18.9 Å². The van der Waals surface area contributed by atoms with Crippen molar-refractivity contribution < 1.29 is 39.4 Å². The Labute approximate surface area is 242 Å². The average Bonchev–Trinajstić information content (AvgIpc) is 3.27. The number of alkyl halides is 1. The van der Waals surface area contributed by atoms with Crippen LogP contribution in [0.2, 0.25) is 0 Å². The third-order valence-electron chi connectivity index (χ3n) is 9.96. The molecule has 0 amide bonds. The van der Waals surface area contributed by atoms with Crippen molar-refractivity contribution in [1.82, 2.24) is 0 Å². The van der Waals surface area contributed by atoms with Crippen LogP contribution in [-0.4, -0.2) is 89.9 Å². The van der Waals surface area contributed by atoms with E-state index in [2.05, 4.69) is 36.7 Å². The van der Waals surface area contributed by atoms with Gasteiger partial charge in [0, 0.05) is 4.83 Å². The molecule has 0 spiro atoms. The number of rotatable bonds is 8. The van der Waals surface area contributed by atoms with Crippen LogP contribution in [0.3, 0.4) is 0 Å². The maximum Gasteiger partial charge on any atom is 0.144 e. The van der Waals surface area contributed by atoms with Gasteiger partial charge in [-0.3, -0.25) is 0 Å². The summed E-state index contributed by atoms with van der Waals surface area (Å²) in [5, 5.41) is 43.1. The molecular formula is C30H51BrO8. The van der Waals surface area contributed by atoms with Crippen LogP contribution in [0.15, 0.2) is 11.8 Å². The van der Waals surface area contributed by atoms with Crippen molar-refractivity contribution in [2.75, 3.05) is 6.61 Å². The molecule has 1 unspecified atom stereocenters. The molecule has 0 aromatic heterocycles. The highest BCUT2D eigenvalue weighted by atomic mass is 79.9. The maximum absolute atomic E-state index is 11.5. The molecule has 9 atom stereocenters. The molecule has 4 aliphatic heterocycles. The van der Waals surface area contributed by atoms with E-state index < -0.39 is 35.1 Å². The van der Waals surface area contributed by atoms with Gasteiger partial charge in [-0.15, -0.1) is 0 Å². The molecule has 8 nitrogen and oxygen atoms in total. The van der Waals surface area contributed by atoms with E-state index in [9.17, 15) is 20.4 Å². The largest absolute Gasteiger partial charge is 0.486 e. The third kappa shape index (κ3) is 6.26. The lowest BCUT2D eigenvalue weighted by atomic mass is 9.77. The maximum atomic E-state index is 11.5. The van der Waals surface area contributed by atoms with Crippen LogP contribution in [0.25, 0.3) is 0 Å². The molecular weight excluding hydrogens is 568 g/mol. The normalized spacial score (nSPS) is 43.1. The summed E-state index contributed by atoms with van der Waals surface area (Å²) < 4.78 is 25.8. The third-order valence-corrected chi connectivity index (χ3v) is 11.5. The van der Waals surface area contributed by atoms with E-state index in [4.69, 9.17) is 18.9 Å². The Balaban J connectivity index is 1.40. The van der Waals surface area contributed by atoms with Crippen molar-refractivity contribution in [2.45, 2.75) is 169 Å². The molecule has 3 fully saturated rings. The van der Waals surface area contributed by atoms with E-state index in [1.54, 1.807) is 13.8 Å². The summed E-state index contributed by atoms with van der Waals surface area (Å²) in [5.41, 5.74) is -4.75. The van der Waals surface area contributed by atoms with Crippen LogP contribution in [0.1, 0.15) is 106 Å². The van der Waals surface area contributed by atoms with Gasteiger partial charge in [-0.2, -0.15) is 0 Å². The van der Waals surface area contributed by atoms with Gasteiger partial charge in [-0.05, 0) is 112 Å². The summed E-state index contributed by atoms with van der Waals surface area (Å²) in [6.07, 6.45) is 5.93. The first kappa shape index (κ1) is 31.7. The van der Waals surface area contributed by atoms with Gasteiger partial charge in [0.15, 0.2) is 0 Å². The number of hydrogen-bond acceptors (Lipinski definition) is 8. The summed E-state index contributed by atoms with van der Waals surface area (Å²) >= 11 is 3.76. The SMILES string of the molecule is CC(C)(O)C1CC[C@](C)([C@@H](O)CC[C@](O)(CO)C2=CC[C@H]3O[C@@H]([C@]4(C)CC[C@@H](Br)C(C)(C)O4)CC[C@]3(C)O2)O1. The van der Waals surface area contributed by atoms with Crippen molar-refractivity contribution in [3.63, 3.8) is 0 Å². The Kier molecular flexibility index (Phi) is 8.75. The zero-order chi connectivity index (χ0) is 29.1. The summed E-state index contributed by atoms with van der Waals surface area (Å²) in [7, 11) is 0. The monoisotopic (exact) mass is 618 g/mol. The molecule has 0 saturated carbocycles. The van der Waals surface area contributed by atoms with Crippen molar-refractivity contribution in [2.24, 2.45) is 0 Å². The molecule has 4 aliphatic rings. The second kappa shape index (κ2) is 10.8. The van der Waals surface area contributed by atoms with E-state index in [0.29, 0.717) is 29.8 Å². The topological polar surface area (TPSA) is 118 Å². The Morgan fingerprint density at radius 3 is 2.26 bits per heavy atom. The first-order valence-corrected chi connectivity index (χ1v) is 15.6. The second-order valence-electron chi connectivity index (χ2n) is 14.3. The van der Waals surface area contributed by atoms with E-state index >= 15 is 0 Å². The van der Waals surface area contributed by atoms with Crippen LogP contribution in [0.5, 0.6) is 0 Å². The predicted octanol–water partition coefficient (Wildman–Crippen LogP) is 4.28. The lowest BCUT2D eigenvalue weighted by Crippen LogP contribution is -2.61. The summed E-state index contributed by atoms with van der Waals surface area (Å²) in [6.45, 7) is 13.1. The van der Waals surface area contributed by atoms with E-state index in [1.165, 1.54) is 0 Å². The number of hydrogen-bond donors (Lipinski definition) is 4. The molecule has 4 rings (SSSR count). The van der Waals surface area contributed by atoms with E-state index in [-0.39, 0.29) is 42.4 Å². The quantitative estimate of drug-likeness (QED) is 0.298. The molecule has 0 aromatic carbocycles. The van der Waals surface area contributed by atoms with Crippen LogP contribution in [0, 0.1) is 0 Å². The molecule has 9 heteroatoms. The van der Waals surface area contributed by atoms with Gasteiger partial charge in [0.2, 0.25) is 0 Å². The van der Waals surface area contributed by atoms with Gasteiger partial charge in [-0.1, -0.05) is 15.9 Å². The van der Waals surface area contributed by atoms with Gasteiger partial charge in [0.05, 0.1) is 47.3 Å². The van der Waals surface area contributed by atoms with Crippen LogP contribution < -0.4 is 0 Å². The molecule has 0 radical (unpaired) electrons. The number of halogens is 1. The highest BCUT2D eigenvalue weighted by Gasteiger charge is 2.55. The molecule has 0 bridgehead atoms. The van der Waals surface area contributed by atoms with Gasteiger partial charge in [0.25, 0.3) is 0 Å². The molecule has 39 heavy (non-hydrogen) atoms. The standard InChI is InChI=1S/C30H51BrO8/c1-25(2,34)21-12-15-27(5,37-21)20(33)11-17-30(35,18-32)24-9-8-22-28(6,38-24)16-13-23(36-22)29(7)14-10-19(31)26(3,4)39-29/h9,19-23,32-35H,8,10-18H2,1-7H3/t19-,20+,21?,22-,23-,27-,28+,29+,30+/m1/s1. The zero-order valence-corrected chi connectivity index (χ0v) is 26.4. The molecule has 226 valence electrons. The van der Waals surface area contributed by atoms with Crippen LogP contribution >= 0.6 is 15.9 Å². The Morgan fingerprint density at radius 2 is 1.67 bits per heavy atom. The molecule has 0 aliphatic carbocycles. The Morgan fingerprint density at radius 1 is 1.00 bits per heavy atom. The van der Waals surface area contributed by atoms with Crippen molar-refractivity contribution >= 4 is 15.9 Å². The van der Waals surface area contributed by atoms with Gasteiger partial charge < -0.3 is 39.4 Å². The minimum atomic E-state index is -1.62. The minimum absolute atomic E-state index is 0.0554. The lowest BCUT2D eigenvalue weighted by molar-refractivity contribution is -0.269. The molecule has 0 aromatic rings. The van der Waals surface area contributed by atoms with Crippen molar-refractivity contribution in [1.29, 1.82) is 0 Å². The number of aliphatic hydroxyl groups is 4. The summed E-state index contributed by atoms with van der Waals surface area (Å²) in [6, 6.07) is 0. The van der Waals surface area contributed by atoms with Crippen molar-refractivity contribution in [3.8, 4) is 0 Å². The smallest absolute Gasteiger partial charge is 0.144 e. The predicted molar refractivity (Wildman–Crippen MR) is 152 cm³/mol. The lowest BCUT2D eigenvalue weighted by Gasteiger charge is -2.55. The Bertz CT molecular complexity index is 919. The van der Waals surface area contributed by atoms with Crippen LogP contribution in [0.4, 0.5) is 0 Å². The van der Waals surface area contributed by atoms with Crippen molar-refractivity contribution in [3.05, 3.63) is 11.8 Å². The number of ether oxygens (including phenoxy) is 4. The fourth-order valence-corrected chi connectivity index (χ4v) is 7.24. The highest BCUT2D eigenvalue weighted by Crippen LogP contribution is 2.49. The van der Waals surface area contributed by atoms with E-state index in [0.717, 1.165) is 25.7 Å². The summed E-state index contributed by atoms with van der Waals surface area (Å²) in [5.74, 6) is 0.341. The zero-order valence-electron chi connectivity index (χ0n) is 24.8. The number of aliphatic hydroxyl groups excluding tert-OH is 2. The number of fused-ring (bicyclic) bond motifs is 1. The molecule has 4 N–H and O–H groups in total. The summed E-state index contributed by atoms with van der Waals surface area (Å²) in [4.78, 5) is 0.302. The second-order valence-corrected chi connectivity index (χ2v) is 15.4. The minimum Gasteiger partial charge on any atom is -0.486 e. The van der Waals surface area contributed by atoms with E-state index in [1.807, 2.05) is 19.9 Å². The highest BCUT2D eigenvalue weighted by molar-refractivity contribution is 9.09. The van der Waals surface area contributed by atoms with Gasteiger partial charge in [0.1, 0.15) is 23.1 Å². The Hall–Kier alpha value is -0.260. The fraction of sp³-hybridized carbons (Fsp3) is 0.933. The first-order valence-electron chi connectivity index (χ1n) is 14.7. The first-order chi connectivity index (χ1) is 17.9. The molecule has 3 saturated heterocycles. The van der Waals surface area contributed by atoms with Gasteiger partial charge in [-0.25, -0.2) is 0 Å². The molecule has 4 heterocycles. The average molecular weight is 620 g/mol. The fourth-order valence-electron chi connectivity index (χ4n) is 6.92. The van der Waals surface area contributed by atoms with Gasteiger partial charge >= 0.3 is 0 Å².